The summed E-state index contributed by atoms with van der Waals surface area (Å²) in [4.78, 5) is 0. The van der Waals surface area contributed by atoms with Crippen LogP contribution in [0.25, 0.3) is 0 Å². The predicted molar refractivity (Wildman–Crippen MR) is 50.2 cm³/mol. The zero-order valence-corrected chi connectivity index (χ0v) is 8.11. The van der Waals surface area contributed by atoms with E-state index in [4.69, 9.17) is 21.7 Å². The Morgan fingerprint density at radius 3 is 1.92 bits per heavy atom. The van der Waals surface area contributed by atoms with Gasteiger partial charge in [-0.2, -0.15) is 0 Å². The lowest BCUT2D eigenvalue weighted by molar-refractivity contribution is 0.127. The van der Waals surface area contributed by atoms with Crippen molar-refractivity contribution < 1.29 is 9.47 Å². The summed E-state index contributed by atoms with van der Waals surface area (Å²) in [5.74, 6) is 0. The van der Waals surface area contributed by atoms with E-state index in [1.54, 1.807) is 14.2 Å². The molecule has 1 aliphatic rings. The maximum Gasteiger partial charge on any atom is 0.167 e. The number of hydrogen-bond acceptors (Lipinski definition) is 3. The van der Waals surface area contributed by atoms with Crippen molar-refractivity contribution in [3.8, 4) is 0 Å². The third-order valence-electron chi connectivity index (χ3n) is 1.81. The van der Waals surface area contributed by atoms with E-state index in [1.807, 2.05) is 0 Å². The highest BCUT2D eigenvalue weighted by molar-refractivity contribution is 7.80. The minimum atomic E-state index is 0.224. The molecule has 1 heterocycles. The molecule has 4 nitrogen and oxygen atoms in total. The molecule has 0 aliphatic carbocycles. The molecule has 0 bridgehead atoms. The van der Waals surface area contributed by atoms with Crippen LogP contribution in [0.1, 0.15) is 0 Å². The normalized spacial score (nSPS) is 28.3. The molecule has 1 rings (SSSR count). The van der Waals surface area contributed by atoms with E-state index in [9.17, 15) is 0 Å². The van der Waals surface area contributed by atoms with E-state index in [1.165, 1.54) is 0 Å². The molecule has 0 aromatic carbocycles. The van der Waals surface area contributed by atoms with Crippen molar-refractivity contribution in [3.63, 3.8) is 0 Å². The first kappa shape index (κ1) is 9.70. The van der Waals surface area contributed by atoms with Crippen molar-refractivity contribution in [2.75, 3.05) is 27.4 Å². The second-order valence-corrected chi connectivity index (χ2v) is 3.15. The highest BCUT2D eigenvalue weighted by Crippen LogP contribution is 2.02. The van der Waals surface area contributed by atoms with Crippen LogP contribution in [0.15, 0.2) is 0 Å². The van der Waals surface area contributed by atoms with Crippen LogP contribution in [0.3, 0.4) is 0 Å². The fourth-order valence-corrected chi connectivity index (χ4v) is 1.56. The fourth-order valence-electron chi connectivity index (χ4n) is 1.25. The molecule has 0 aromatic rings. The monoisotopic (exact) mass is 190 g/mol. The zero-order valence-electron chi connectivity index (χ0n) is 7.29. The summed E-state index contributed by atoms with van der Waals surface area (Å²) in [5.41, 5.74) is 0. The Morgan fingerprint density at radius 1 is 1.17 bits per heavy atom. The molecule has 5 heteroatoms. The number of rotatable bonds is 4. The van der Waals surface area contributed by atoms with Crippen LogP contribution in [0.4, 0.5) is 0 Å². The van der Waals surface area contributed by atoms with Gasteiger partial charge in [-0.3, -0.25) is 0 Å². The Kier molecular flexibility index (Phi) is 3.71. The molecule has 1 saturated heterocycles. The Bertz CT molecular complexity index is 149. The minimum absolute atomic E-state index is 0.224. The topological polar surface area (TPSA) is 42.5 Å². The molecule has 2 N–H and O–H groups in total. The van der Waals surface area contributed by atoms with Crippen LogP contribution in [0.2, 0.25) is 0 Å². The van der Waals surface area contributed by atoms with E-state index in [-0.39, 0.29) is 12.1 Å². The van der Waals surface area contributed by atoms with Crippen LogP contribution in [0, 0.1) is 0 Å². The number of nitrogens with one attached hydrogen (secondary N) is 2. The Labute approximate surface area is 77.6 Å². The van der Waals surface area contributed by atoms with Gasteiger partial charge >= 0.3 is 0 Å². The van der Waals surface area contributed by atoms with Gasteiger partial charge in [0.15, 0.2) is 5.11 Å². The first-order chi connectivity index (χ1) is 5.77. The van der Waals surface area contributed by atoms with E-state index in [0.29, 0.717) is 18.3 Å². The van der Waals surface area contributed by atoms with Crippen LogP contribution in [-0.4, -0.2) is 44.6 Å². The molecule has 12 heavy (non-hydrogen) atoms. The average Bonchev–Trinajstić information content (AvgIpc) is 2.33. The molecule has 0 spiro atoms. The van der Waals surface area contributed by atoms with Crippen molar-refractivity contribution in [1.82, 2.24) is 10.6 Å². The summed E-state index contributed by atoms with van der Waals surface area (Å²) in [6.45, 7) is 1.28. The molecule has 1 fully saturated rings. The van der Waals surface area contributed by atoms with E-state index >= 15 is 0 Å². The molecular weight excluding hydrogens is 176 g/mol. The van der Waals surface area contributed by atoms with Gasteiger partial charge < -0.3 is 20.1 Å². The van der Waals surface area contributed by atoms with Gasteiger partial charge in [0.05, 0.1) is 25.3 Å². The lowest BCUT2D eigenvalue weighted by Gasteiger charge is -2.16. The van der Waals surface area contributed by atoms with Crippen LogP contribution in [0.5, 0.6) is 0 Å². The first-order valence-electron chi connectivity index (χ1n) is 3.83. The van der Waals surface area contributed by atoms with Crippen LogP contribution >= 0.6 is 12.2 Å². The highest BCUT2D eigenvalue weighted by Gasteiger charge is 2.28. The Balaban J connectivity index is 2.41. The van der Waals surface area contributed by atoms with Crippen molar-refractivity contribution in [1.29, 1.82) is 0 Å². The summed E-state index contributed by atoms with van der Waals surface area (Å²) in [6, 6.07) is 0.449. The number of thiocarbonyl (C=S) groups is 1. The van der Waals surface area contributed by atoms with Gasteiger partial charge in [0.2, 0.25) is 0 Å². The van der Waals surface area contributed by atoms with Crippen LogP contribution in [-0.2, 0) is 9.47 Å². The van der Waals surface area contributed by atoms with Crippen molar-refractivity contribution >= 4 is 17.3 Å². The zero-order chi connectivity index (χ0) is 8.97. The van der Waals surface area contributed by atoms with Gasteiger partial charge in [0.25, 0.3) is 0 Å². The molecule has 2 atom stereocenters. The SMILES string of the molecule is COC[C@H]1NC(=S)N[C@@H]1COC. The number of hydrogen-bond donors (Lipinski definition) is 2. The summed E-state index contributed by atoms with van der Waals surface area (Å²) in [5, 5.41) is 6.89. The Hall–Kier alpha value is -0.390. The number of ether oxygens (including phenoxy) is 2. The van der Waals surface area contributed by atoms with Crippen LogP contribution < -0.4 is 10.6 Å². The summed E-state index contributed by atoms with van der Waals surface area (Å²) in [6.07, 6.45) is 0. The lowest BCUT2D eigenvalue weighted by Crippen LogP contribution is -2.40. The third-order valence-corrected chi connectivity index (χ3v) is 2.05. The highest BCUT2D eigenvalue weighted by atomic mass is 32.1. The quantitative estimate of drug-likeness (QED) is 0.585. The summed E-state index contributed by atoms with van der Waals surface area (Å²) in [7, 11) is 3.35. The fraction of sp³-hybridized carbons (Fsp3) is 0.857. The standard InChI is InChI=1S/C7H14N2O2S/c1-10-3-5-6(4-11-2)9-7(12)8-5/h5-6H,3-4H2,1-2H3,(H2,8,9,12)/t5-,6-/m1/s1. The van der Waals surface area contributed by atoms with E-state index < -0.39 is 0 Å². The largest absolute Gasteiger partial charge is 0.382 e. The van der Waals surface area contributed by atoms with Gasteiger partial charge in [0.1, 0.15) is 0 Å². The molecule has 0 aromatic heterocycles. The molecule has 1 aliphatic heterocycles. The van der Waals surface area contributed by atoms with Gasteiger partial charge in [-0.1, -0.05) is 0 Å². The second kappa shape index (κ2) is 4.59. The summed E-state index contributed by atoms with van der Waals surface area (Å²) < 4.78 is 10.1. The van der Waals surface area contributed by atoms with Gasteiger partial charge in [-0.05, 0) is 12.2 Å². The molecule has 0 saturated carbocycles. The maximum absolute atomic E-state index is 5.03. The van der Waals surface area contributed by atoms with Crippen molar-refractivity contribution in [3.05, 3.63) is 0 Å². The maximum atomic E-state index is 5.03. The van der Waals surface area contributed by atoms with Gasteiger partial charge in [0, 0.05) is 14.2 Å². The van der Waals surface area contributed by atoms with E-state index in [2.05, 4.69) is 10.6 Å². The number of methoxy groups -OCH3 is 2. The molecule has 0 radical (unpaired) electrons. The molecule has 70 valence electrons. The smallest absolute Gasteiger partial charge is 0.167 e. The second-order valence-electron chi connectivity index (χ2n) is 2.74. The Morgan fingerprint density at radius 2 is 1.58 bits per heavy atom. The van der Waals surface area contributed by atoms with Crippen molar-refractivity contribution in [2.24, 2.45) is 0 Å². The van der Waals surface area contributed by atoms with Crippen molar-refractivity contribution in [2.45, 2.75) is 12.1 Å². The first-order valence-corrected chi connectivity index (χ1v) is 4.23. The molecular formula is C7H14N2O2S. The van der Waals surface area contributed by atoms with Gasteiger partial charge in [-0.15, -0.1) is 0 Å². The predicted octanol–water partition coefficient (Wildman–Crippen LogP) is -0.506. The lowest BCUT2D eigenvalue weighted by atomic mass is 10.2. The average molecular weight is 190 g/mol. The third kappa shape index (κ3) is 2.30. The van der Waals surface area contributed by atoms with E-state index in [0.717, 1.165) is 0 Å². The summed E-state index contributed by atoms with van der Waals surface area (Å²) >= 11 is 4.97. The minimum Gasteiger partial charge on any atom is -0.382 e. The molecule has 0 amide bonds. The molecule has 0 unspecified atom stereocenters. The van der Waals surface area contributed by atoms with Gasteiger partial charge in [-0.25, -0.2) is 0 Å².